The molecule has 1 aliphatic heterocycles. The number of piperazine rings is 1. The van der Waals surface area contributed by atoms with Crippen LogP contribution in [0.2, 0.25) is 0 Å². The smallest absolute Gasteiger partial charge is 0.220 e. The molecule has 11 heteroatoms. The van der Waals surface area contributed by atoms with E-state index in [1.807, 2.05) is 13.2 Å². The SMILES string of the molecule is CN=C(NCc1cnn(C)c1)N1CCN(S(=O)(=O)Cc2ccon2)CC1. The standard InChI is InChI=1S/C15H23N7O3S/c1-16-15(17-9-13-10-18-20(2)11-13)21-4-6-22(7-5-21)26(23,24)12-14-3-8-25-19-14/h3,8,10-11H,4-7,9,12H2,1-2H3,(H,16,17). The number of hydrogen-bond acceptors (Lipinski definition) is 6. The molecule has 2 aromatic rings. The van der Waals surface area contributed by atoms with E-state index in [1.165, 1.54) is 10.6 Å². The van der Waals surface area contributed by atoms with Gasteiger partial charge in [-0.1, -0.05) is 5.16 Å². The molecule has 0 aliphatic carbocycles. The molecule has 1 N–H and O–H groups in total. The van der Waals surface area contributed by atoms with Gasteiger partial charge in [-0.3, -0.25) is 9.67 Å². The number of guanidine groups is 1. The third-order valence-electron chi connectivity index (χ3n) is 4.17. The van der Waals surface area contributed by atoms with Gasteiger partial charge in [-0.15, -0.1) is 0 Å². The second-order valence-corrected chi connectivity index (χ2v) is 8.03. The molecule has 3 rings (SSSR count). The first-order valence-corrected chi connectivity index (χ1v) is 9.89. The molecule has 0 saturated carbocycles. The lowest BCUT2D eigenvalue weighted by Gasteiger charge is -2.35. The summed E-state index contributed by atoms with van der Waals surface area (Å²) >= 11 is 0. The Morgan fingerprint density at radius 3 is 2.69 bits per heavy atom. The zero-order valence-corrected chi connectivity index (χ0v) is 15.7. The third kappa shape index (κ3) is 4.41. The van der Waals surface area contributed by atoms with Crippen molar-refractivity contribution < 1.29 is 12.9 Å². The minimum absolute atomic E-state index is 0.141. The number of rotatable bonds is 5. The number of nitrogens with zero attached hydrogens (tertiary/aromatic N) is 6. The van der Waals surface area contributed by atoms with E-state index >= 15 is 0 Å². The number of sulfonamides is 1. The monoisotopic (exact) mass is 381 g/mol. The molecule has 10 nitrogen and oxygen atoms in total. The van der Waals surface area contributed by atoms with Crippen molar-refractivity contribution in [2.24, 2.45) is 12.0 Å². The summed E-state index contributed by atoms with van der Waals surface area (Å²) in [6.45, 7) is 2.59. The topological polar surface area (TPSA) is 109 Å². The van der Waals surface area contributed by atoms with Gasteiger partial charge in [-0.2, -0.15) is 9.40 Å². The number of aromatic nitrogens is 3. The largest absolute Gasteiger partial charge is 0.364 e. The second-order valence-electron chi connectivity index (χ2n) is 6.06. The Labute approximate surface area is 152 Å². The molecular weight excluding hydrogens is 358 g/mol. The van der Waals surface area contributed by atoms with Gasteiger partial charge in [0, 0.05) is 64.6 Å². The fraction of sp³-hybridized carbons (Fsp3) is 0.533. The average Bonchev–Trinajstić information content (AvgIpc) is 3.27. The highest BCUT2D eigenvalue weighted by Gasteiger charge is 2.28. The van der Waals surface area contributed by atoms with Gasteiger partial charge in [0.25, 0.3) is 0 Å². The van der Waals surface area contributed by atoms with Crippen molar-refractivity contribution in [2.45, 2.75) is 12.3 Å². The minimum Gasteiger partial charge on any atom is -0.364 e. The first-order chi connectivity index (χ1) is 12.5. The van der Waals surface area contributed by atoms with E-state index in [2.05, 4.69) is 25.5 Å². The maximum absolute atomic E-state index is 12.5. The highest BCUT2D eigenvalue weighted by atomic mass is 32.2. The first kappa shape index (κ1) is 18.4. The summed E-state index contributed by atoms with van der Waals surface area (Å²) in [4.78, 5) is 6.35. The van der Waals surface area contributed by atoms with Crippen molar-refractivity contribution >= 4 is 16.0 Å². The Bertz CT molecular complexity index is 836. The summed E-state index contributed by atoms with van der Waals surface area (Å²) in [6.07, 6.45) is 5.12. The molecule has 1 fully saturated rings. The van der Waals surface area contributed by atoms with Crippen molar-refractivity contribution in [1.82, 2.24) is 29.5 Å². The summed E-state index contributed by atoms with van der Waals surface area (Å²) in [7, 11) is 0.192. The quantitative estimate of drug-likeness (QED) is 0.556. The van der Waals surface area contributed by atoms with Crippen LogP contribution in [0.3, 0.4) is 0 Å². The maximum Gasteiger partial charge on any atom is 0.220 e. The second kappa shape index (κ2) is 7.87. The van der Waals surface area contributed by atoms with Crippen LogP contribution in [-0.4, -0.2) is 71.7 Å². The molecule has 0 amide bonds. The van der Waals surface area contributed by atoms with Gasteiger partial charge in [0.05, 0.1) is 11.9 Å². The number of nitrogens with one attached hydrogen (secondary N) is 1. The maximum atomic E-state index is 12.5. The van der Waals surface area contributed by atoms with Gasteiger partial charge >= 0.3 is 0 Å². The van der Waals surface area contributed by atoms with Crippen LogP contribution in [0, 0.1) is 0 Å². The summed E-state index contributed by atoms with van der Waals surface area (Å²) in [5.41, 5.74) is 1.48. The highest BCUT2D eigenvalue weighted by molar-refractivity contribution is 7.88. The molecule has 0 bridgehead atoms. The Balaban J connectivity index is 1.53. The van der Waals surface area contributed by atoms with E-state index in [1.54, 1.807) is 24.0 Å². The molecular formula is C15H23N7O3S. The van der Waals surface area contributed by atoms with Crippen molar-refractivity contribution in [1.29, 1.82) is 0 Å². The van der Waals surface area contributed by atoms with Crippen LogP contribution in [0.1, 0.15) is 11.3 Å². The zero-order valence-electron chi connectivity index (χ0n) is 14.9. The average molecular weight is 381 g/mol. The summed E-state index contributed by atoms with van der Waals surface area (Å²) in [5, 5.41) is 11.1. The normalized spacial score (nSPS) is 16.8. The van der Waals surface area contributed by atoms with Crippen LogP contribution in [0.15, 0.2) is 34.2 Å². The molecule has 2 aromatic heterocycles. The summed E-state index contributed by atoms with van der Waals surface area (Å²) in [5.74, 6) is 0.611. The van der Waals surface area contributed by atoms with E-state index in [0.717, 1.165) is 11.5 Å². The molecule has 0 aromatic carbocycles. The number of aliphatic imine (C=N–C) groups is 1. The molecule has 26 heavy (non-hydrogen) atoms. The van der Waals surface area contributed by atoms with Crippen molar-refractivity contribution in [3.63, 3.8) is 0 Å². The third-order valence-corrected chi connectivity index (χ3v) is 5.99. The first-order valence-electron chi connectivity index (χ1n) is 8.28. The minimum atomic E-state index is -3.40. The van der Waals surface area contributed by atoms with Crippen LogP contribution in [0.25, 0.3) is 0 Å². The van der Waals surface area contributed by atoms with E-state index in [-0.39, 0.29) is 5.75 Å². The summed E-state index contributed by atoms with van der Waals surface area (Å²) in [6, 6.07) is 1.57. The molecule has 3 heterocycles. The zero-order chi connectivity index (χ0) is 18.6. The van der Waals surface area contributed by atoms with Crippen molar-refractivity contribution in [3.05, 3.63) is 36.0 Å². The van der Waals surface area contributed by atoms with E-state index in [0.29, 0.717) is 38.4 Å². The predicted molar refractivity (Wildman–Crippen MR) is 95.7 cm³/mol. The highest BCUT2D eigenvalue weighted by Crippen LogP contribution is 2.13. The van der Waals surface area contributed by atoms with E-state index in [9.17, 15) is 8.42 Å². The lowest BCUT2D eigenvalue weighted by Crippen LogP contribution is -2.53. The number of aryl methyl sites for hydroxylation is 1. The predicted octanol–water partition coefficient (Wildman–Crippen LogP) is -0.369. The fourth-order valence-electron chi connectivity index (χ4n) is 2.84. The molecule has 1 aliphatic rings. The lowest BCUT2D eigenvalue weighted by molar-refractivity contribution is 0.259. The Kier molecular flexibility index (Phi) is 5.57. The molecule has 0 unspecified atom stereocenters. The van der Waals surface area contributed by atoms with Gasteiger partial charge < -0.3 is 14.7 Å². The van der Waals surface area contributed by atoms with Crippen LogP contribution >= 0.6 is 0 Å². The van der Waals surface area contributed by atoms with Gasteiger partial charge in [0.1, 0.15) is 12.0 Å². The van der Waals surface area contributed by atoms with E-state index < -0.39 is 10.0 Å². The van der Waals surface area contributed by atoms with Gasteiger partial charge in [0.15, 0.2) is 5.96 Å². The van der Waals surface area contributed by atoms with Crippen LogP contribution in [-0.2, 0) is 29.4 Å². The van der Waals surface area contributed by atoms with Crippen LogP contribution in [0.5, 0.6) is 0 Å². The Morgan fingerprint density at radius 2 is 2.12 bits per heavy atom. The number of hydrogen-bond donors (Lipinski definition) is 1. The molecule has 0 radical (unpaired) electrons. The van der Waals surface area contributed by atoms with Crippen LogP contribution < -0.4 is 5.32 Å². The van der Waals surface area contributed by atoms with Crippen molar-refractivity contribution in [2.75, 3.05) is 33.2 Å². The Hall–Kier alpha value is -2.40. The van der Waals surface area contributed by atoms with Crippen molar-refractivity contribution in [3.8, 4) is 0 Å². The van der Waals surface area contributed by atoms with E-state index in [4.69, 9.17) is 4.52 Å². The fourth-order valence-corrected chi connectivity index (χ4v) is 4.27. The Morgan fingerprint density at radius 1 is 1.35 bits per heavy atom. The van der Waals surface area contributed by atoms with Crippen LogP contribution in [0.4, 0.5) is 0 Å². The van der Waals surface area contributed by atoms with Gasteiger partial charge in [0.2, 0.25) is 10.0 Å². The lowest BCUT2D eigenvalue weighted by atomic mass is 10.3. The molecule has 0 spiro atoms. The van der Waals surface area contributed by atoms with Gasteiger partial charge in [-0.05, 0) is 0 Å². The summed E-state index contributed by atoms with van der Waals surface area (Å²) < 4.78 is 32.9. The molecule has 0 atom stereocenters. The molecule has 1 saturated heterocycles. The van der Waals surface area contributed by atoms with Gasteiger partial charge in [-0.25, -0.2) is 8.42 Å². The molecule has 142 valence electrons.